The molecule has 0 aliphatic carbocycles. The minimum absolute atomic E-state index is 0.0509. The van der Waals surface area contributed by atoms with Crippen molar-refractivity contribution in [3.8, 4) is 5.75 Å². The second-order valence-electron chi connectivity index (χ2n) is 5.81. The Morgan fingerprint density at radius 3 is 2.41 bits per heavy atom. The van der Waals surface area contributed by atoms with Crippen molar-refractivity contribution >= 4 is 22.8 Å². The van der Waals surface area contributed by atoms with Crippen LogP contribution in [0.3, 0.4) is 0 Å². The Hall–Kier alpha value is -2.63. The highest BCUT2D eigenvalue weighted by Crippen LogP contribution is 2.19. The van der Waals surface area contributed by atoms with Crippen molar-refractivity contribution in [2.75, 3.05) is 7.11 Å². The number of phenols is 1. The number of hydrogen-bond donors (Lipinski definition) is 1. The Bertz CT molecular complexity index is 746. The predicted octanol–water partition coefficient (Wildman–Crippen LogP) is 2.40. The second kappa shape index (κ2) is 5.63. The molecular weight excluding hydrogens is 286 g/mol. The van der Waals surface area contributed by atoms with Crippen molar-refractivity contribution in [3.05, 3.63) is 36.2 Å². The Kier molecular flexibility index (Phi) is 4.03. The highest BCUT2D eigenvalue weighted by molar-refractivity contribution is 5.92. The standard InChI is InChI=1S/C16H17NO5/c1-16(2,3)22-15(20)17-9-11-7-12(18)6-5-10(11)8-13(17)14(19)21-4/h5-9H,1-4H3/p+1. The molecule has 0 unspecified atom stereocenters. The highest BCUT2D eigenvalue weighted by Gasteiger charge is 2.32. The molecular formula is C16H18NO5+. The molecule has 0 atom stereocenters. The van der Waals surface area contributed by atoms with E-state index in [1.807, 2.05) is 0 Å². The van der Waals surface area contributed by atoms with Crippen molar-refractivity contribution < 1.29 is 28.7 Å². The quantitative estimate of drug-likeness (QED) is 0.646. The molecule has 0 spiro atoms. The van der Waals surface area contributed by atoms with Crippen molar-refractivity contribution in [1.82, 2.24) is 0 Å². The summed E-state index contributed by atoms with van der Waals surface area (Å²) in [6, 6.07) is 6.17. The maximum Gasteiger partial charge on any atom is 0.603 e. The number of carbonyl (C=O) groups excluding carboxylic acids is 2. The van der Waals surface area contributed by atoms with Gasteiger partial charge in [0.25, 0.3) is 0 Å². The first-order chi connectivity index (χ1) is 10.2. The van der Waals surface area contributed by atoms with Crippen LogP contribution in [0.15, 0.2) is 30.5 Å². The number of methoxy groups -OCH3 is 1. The van der Waals surface area contributed by atoms with E-state index in [4.69, 9.17) is 9.47 Å². The maximum absolute atomic E-state index is 12.3. The number of aromatic nitrogens is 1. The maximum atomic E-state index is 12.3. The summed E-state index contributed by atoms with van der Waals surface area (Å²) in [4.78, 5) is 24.2. The largest absolute Gasteiger partial charge is 0.603 e. The zero-order valence-electron chi connectivity index (χ0n) is 12.9. The van der Waals surface area contributed by atoms with Crippen LogP contribution in [-0.2, 0) is 9.47 Å². The van der Waals surface area contributed by atoms with Gasteiger partial charge in [0.05, 0.1) is 12.5 Å². The molecule has 0 aliphatic heterocycles. The van der Waals surface area contributed by atoms with Gasteiger partial charge in [-0.05, 0) is 38.3 Å². The number of hydrogen-bond acceptors (Lipinski definition) is 5. The first-order valence-electron chi connectivity index (χ1n) is 6.71. The fourth-order valence-electron chi connectivity index (χ4n) is 1.95. The van der Waals surface area contributed by atoms with Gasteiger partial charge < -0.3 is 14.6 Å². The molecule has 0 fully saturated rings. The number of pyridine rings is 1. The topological polar surface area (TPSA) is 76.7 Å². The summed E-state index contributed by atoms with van der Waals surface area (Å²) in [6.07, 6.45) is 0.744. The van der Waals surface area contributed by atoms with Gasteiger partial charge in [-0.1, -0.05) is 10.6 Å². The summed E-state index contributed by atoms with van der Waals surface area (Å²) in [7, 11) is 1.24. The minimum atomic E-state index is -0.703. The van der Waals surface area contributed by atoms with Crippen LogP contribution in [0.1, 0.15) is 31.3 Å². The molecule has 116 valence electrons. The van der Waals surface area contributed by atoms with Crippen LogP contribution in [0.2, 0.25) is 0 Å². The summed E-state index contributed by atoms with van der Waals surface area (Å²) in [5, 5.41) is 10.8. The van der Waals surface area contributed by atoms with E-state index >= 15 is 0 Å². The van der Waals surface area contributed by atoms with Gasteiger partial charge >= 0.3 is 17.8 Å². The highest BCUT2D eigenvalue weighted by atomic mass is 16.6. The Morgan fingerprint density at radius 1 is 1.14 bits per heavy atom. The average Bonchev–Trinajstić information content (AvgIpc) is 2.43. The zero-order valence-corrected chi connectivity index (χ0v) is 12.9. The van der Waals surface area contributed by atoms with Gasteiger partial charge in [-0.2, -0.15) is 4.79 Å². The van der Waals surface area contributed by atoms with Crippen LogP contribution in [-0.4, -0.2) is 29.9 Å². The fourth-order valence-corrected chi connectivity index (χ4v) is 1.95. The van der Waals surface area contributed by atoms with Gasteiger partial charge in [0.2, 0.25) is 0 Å². The van der Waals surface area contributed by atoms with Gasteiger partial charge in [0.1, 0.15) is 11.4 Å². The van der Waals surface area contributed by atoms with Crippen molar-refractivity contribution in [2.45, 2.75) is 26.4 Å². The average molecular weight is 304 g/mol. The number of nitrogens with zero attached hydrogens (tertiary/aromatic N) is 1. The van der Waals surface area contributed by atoms with E-state index in [1.54, 1.807) is 26.8 Å². The van der Waals surface area contributed by atoms with Gasteiger partial charge in [0, 0.05) is 6.07 Å². The fraction of sp³-hybridized carbons (Fsp3) is 0.312. The molecule has 2 aromatic rings. The number of aromatic hydroxyl groups is 1. The lowest BCUT2D eigenvalue weighted by Gasteiger charge is -2.16. The monoisotopic (exact) mass is 304 g/mol. The number of benzene rings is 1. The molecule has 0 bridgehead atoms. The third-order valence-corrected chi connectivity index (χ3v) is 2.88. The molecule has 0 saturated carbocycles. The minimum Gasteiger partial charge on any atom is -0.508 e. The van der Waals surface area contributed by atoms with E-state index in [9.17, 15) is 14.7 Å². The van der Waals surface area contributed by atoms with Crippen molar-refractivity contribution in [2.24, 2.45) is 0 Å². The zero-order chi connectivity index (χ0) is 16.5. The summed E-state index contributed by atoms with van der Waals surface area (Å²) in [5.41, 5.74) is -0.652. The smallest absolute Gasteiger partial charge is 0.508 e. The molecule has 0 amide bonds. The number of esters is 1. The lowest BCUT2D eigenvalue weighted by molar-refractivity contribution is -0.589. The molecule has 22 heavy (non-hydrogen) atoms. The van der Waals surface area contributed by atoms with E-state index < -0.39 is 17.7 Å². The van der Waals surface area contributed by atoms with Gasteiger partial charge in [-0.15, -0.1) is 0 Å². The number of carbonyl (C=O) groups is 2. The molecule has 0 saturated heterocycles. The van der Waals surface area contributed by atoms with E-state index in [0.717, 1.165) is 4.57 Å². The van der Waals surface area contributed by atoms with Gasteiger partial charge in [0.15, 0.2) is 6.20 Å². The van der Waals surface area contributed by atoms with Crippen LogP contribution in [0.25, 0.3) is 10.8 Å². The van der Waals surface area contributed by atoms with Crippen molar-refractivity contribution in [3.63, 3.8) is 0 Å². The predicted molar refractivity (Wildman–Crippen MR) is 78.8 cm³/mol. The molecule has 0 radical (unpaired) electrons. The lowest BCUT2D eigenvalue weighted by atomic mass is 10.1. The Labute approximate surface area is 127 Å². The summed E-state index contributed by atoms with van der Waals surface area (Å²) in [6.45, 7) is 5.20. The van der Waals surface area contributed by atoms with Crippen LogP contribution in [0.5, 0.6) is 5.75 Å². The first-order valence-corrected chi connectivity index (χ1v) is 6.71. The molecule has 1 heterocycles. The molecule has 1 N–H and O–H groups in total. The molecule has 6 nitrogen and oxygen atoms in total. The number of phenolic OH excluding ortho intramolecular Hbond substituents is 1. The second-order valence-corrected chi connectivity index (χ2v) is 5.81. The summed E-state index contributed by atoms with van der Waals surface area (Å²) in [5.74, 6) is -0.588. The van der Waals surface area contributed by atoms with Gasteiger partial charge in [-0.3, -0.25) is 0 Å². The molecule has 2 rings (SSSR count). The van der Waals surface area contributed by atoms with Crippen molar-refractivity contribution in [1.29, 1.82) is 0 Å². The first kappa shape index (κ1) is 15.8. The Morgan fingerprint density at radius 2 is 1.82 bits per heavy atom. The van der Waals surface area contributed by atoms with E-state index in [0.29, 0.717) is 10.8 Å². The van der Waals surface area contributed by atoms with E-state index in [1.165, 1.54) is 31.5 Å². The number of fused-ring (bicyclic) bond motifs is 1. The Balaban J connectivity index is 2.62. The van der Waals surface area contributed by atoms with Crippen LogP contribution < -0.4 is 4.57 Å². The van der Waals surface area contributed by atoms with Crippen LogP contribution >= 0.6 is 0 Å². The molecule has 1 aromatic carbocycles. The number of ether oxygens (including phenoxy) is 2. The summed E-state index contributed by atoms with van der Waals surface area (Å²) < 4.78 is 11.1. The molecule has 6 heteroatoms. The third kappa shape index (κ3) is 3.33. The van der Waals surface area contributed by atoms with E-state index in [-0.39, 0.29) is 11.4 Å². The summed E-state index contributed by atoms with van der Waals surface area (Å²) >= 11 is 0. The van der Waals surface area contributed by atoms with Crippen LogP contribution in [0.4, 0.5) is 4.79 Å². The third-order valence-electron chi connectivity index (χ3n) is 2.88. The van der Waals surface area contributed by atoms with E-state index in [2.05, 4.69) is 0 Å². The normalized spacial score (nSPS) is 11.3. The lowest BCUT2D eigenvalue weighted by Crippen LogP contribution is -2.50. The number of rotatable bonds is 1. The van der Waals surface area contributed by atoms with Gasteiger partial charge in [-0.25, -0.2) is 4.79 Å². The SMILES string of the molecule is COC(=O)c1cc2ccc(O)cc2c[n+]1C(=O)OC(C)(C)C. The molecule has 1 aromatic heterocycles. The molecule has 0 aliphatic rings. The van der Waals surface area contributed by atoms with Crippen LogP contribution in [0, 0.1) is 0 Å².